The van der Waals surface area contributed by atoms with Gasteiger partial charge in [0.25, 0.3) is 10.0 Å². The van der Waals surface area contributed by atoms with Gasteiger partial charge in [-0.15, -0.1) is 0 Å². The van der Waals surface area contributed by atoms with Gasteiger partial charge in [0.2, 0.25) is 5.91 Å². The summed E-state index contributed by atoms with van der Waals surface area (Å²) in [5.41, 5.74) is 0.799. The Kier molecular flexibility index (Phi) is 8.26. The molecule has 0 aliphatic heterocycles. The number of benzene rings is 3. The number of hydrogen-bond donors (Lipinski definition) is 1. The molecule has 0 aromatic heterocycles. The van der Waals surface area contributed by atoms with Gasteiger partial charge in [-0.05, 0) is 48.9 Å². The number of ether oxygens (including phenoxy) is 2. The van der Waals surface area contributed by atoms with E-state index in [2.05, 4.69) is 5.32 Å². The van der Waals surface area contributed by atoms with Gasteiger partial charge in [-0.25, -0.2) is 16.8 Å². The topological polar surface area (TPSA) is 119 Å². The van der Waals surface area contributed by atoms with Gasteiger partial charge in [0.05, 0.1) is 35.7 Å². The monoisotopic (exact) mass is 532 g/mol. The van der Waals surface area contributed by atoms with Crippen LogP contribution in [0.1, 0.15) is 18.5 Å². The fourth-order valence-electron chi connectivity index (χ4n) is 3.52. The smallest absolute Gasteiger partial charge is 0.264 e. The summed E-state index contributed by atoms with van der Waals surface area (Å²) in [7, 11) is -4.66. The van der Waals surface area contributed by atoms with Crippen LogP contribution < -0.4 is 19.1 Å². The van der Waals surface area contributed by atoms with E-state index < -0.39 is 38.4 Å². The number of rotatable bonds is 10. The zero-order chi connectivity index (χ0) is 26.5. The molecule has 0 aliphatic carbocycles. The third-order valence-corrected chi connectivity index (χ3v) is 8.36. The van der Waals surface area contributed by atoms with E-state index in [-0.39, 0.29) is 21.2 Å². The van der Waals surface area contributed by atoms with Crippen LogP contribution in [0.15, 0.2) is 82.6 Å². The molecule has 1 amide bonds. The number of sulfone groups is 1. The molecule has 3 aromatic rings. The van der Waals surface area contributed by atoms with Crippen molar-refractivity contribution in [3.63, 3.8) is 0 Å². The highest BCUT2D eigenvalue weighted by Gasteiger charge is 2.30. The number of carbonyl (C=O) groups is 1. The van der Waals surface area contributed by atoms with Crippen LogP contribution in [-0.4, -0.2) is 49.8 Å². The Morgan fingerprint density at radius 1 is 0.889 bits per heavy atom. The highest BCUT2D eigenvalue weighted by Crippen LogP contribution is 2.35. The molecule has 0 aliphatic rings. The number of nitrogens with zero attached hydrogens (tertiary/aromatic N) is 1. The average molecular weight is 533 g/mol. The predicted octanol–water partition coefficient (Wildman–Crippen LogP) is 3.18. The zero-order valence-electron chi connectivity index (χ0n) is 20.3. The molecule has 0 heterocycles. The molecule has 11 heteroatoms. The Bertz CT molecular complexity index is 1420. The van der Waals surface area contributed by atoms with Crippen LogP contribution in [0.4, 0.5) is 5.69 Å². The molecule has 1 N–H and O–H groups in total. The highest BCUT2D eigenvalue weighted by molar-refractivity contribution is 7.93. The van der Waals surface area contributed by atoms with Gasteiger partial charge in [-0.3, -0.25) is 9.10 Å². The molecular weight excluding hydrogens is 504 g/mol. The number of methoxy groups -OCH3 is 2. The number of sulfonamides is 1. The summed E-state index contributed by atoms with van der Waals surface area (Å²) in [5, 5.41) is 2.78. The Labute approximate surface area is 211 Å². The van der Waals surface area contributed by atoms with Crippen LogP contribution in [0.3, 0.4) is 0 Å². The zero-order valence-corrected chi connectivity index (χ0v) is 22.0. The first kappa shape index (κ1) is 27.0. The van der Waals surface area contributed by atoms with E-state index in [1.807, 2.05) is 0 Å². The largest absolute Gasteiger partial charge is 0.497 e. The van der Waals surface area contributed by atoms with Crippen LogP contribution in [0.2, 0.25) is 0 Å². The second-order valence-corrected chi connectivity index (χ2v) is 11.9. The van der Waals surface area contributed by atoms with Crippen LogP contribution in [0.5, 0.6) is 11.5 Å². The number of amides is 1. The van der Waals surface area contributed by atoms with Gasteiger partial charge in [0.15, 0.2) is 9.84 Å². The van der Waals surface area contributed by atoms with Gasteiger partial charge >= 0.3 is 0 Å². The molecule has 1 atom stereocenters. The molecular formula is C25H28N2O7S2. The van der Waals surface area contributed by atoms with E-state index in [9.17, 15) is 21.6 Å². The van der Waals surface area contributed by atoms with Gasteiger partial charge in [0, 0.05) is 12.3 Å². The van der Waals surface area contributed by atoms with Crippen molar-refractivity contribution in [1.82, 2.24) is 5.32 Å². The maximum absolute atomic E-state index is 13.6. The van der Waals surface area contributed by atoms with E-state index >= 15 is 0 Å². The van der Waals surface area contributed by atoms with Gasteiger partial charge < -0.3 is 14.8 Å². The number of carbonyl (C=O) groups excluding carboxylic acids is 1. The molecule has 0 unspecified atom stereocenters. The van der Waals surface area contributed by atoms with Gasteiger partial charge in [-0.2, -0.15) is 0 Å². The summed E-state index contributed by atoms with van der Waals surface area (Å²) in [4.78, 5) is 13.3. The molecule has 3 aromatic carbocycles. The second-order valence-electron chi connectivity index (χ2n) is 7.99. The molecule has 3 rings (SSSR count). The molecule has 0 radical (unpaired) electrons. The summed E-state index contributed by atoms with van der Waals surface area (Å²) in [6.45, 7) is 1.18. The number of nitrogens with one attached hydrogen (secondary N) is 1. The lowest BCUT2D eigenvalue weighted by molar-refractivity contribution is -0.120. The van der Waals surface area contributed by atoms with Crippen LogP contribution in [0.25, 0.3) is 0 Å². The van der Waals surface area contributed by atoms with E-state index in [0.717, 1.165) is 10.6 Å². The van der Waals surface area contributed by atoms with Crippen molar-refractivity contribution >= 4 is 31.5 Å². The lowest BCUT2D eigenvalue weighted by Gasteiger charge is -2.26. The minimum atomic E-state index is -4.16. The summed E-state index contributed by atoms with van der Waals surface area (Å²) < 4.78 is 62.3. The number of anilines is 1. The first-order chi connectivity index (χ1) is 17.0. The quantitative estimate of drug-likeness (QED) is 0.426. The molecule has 0 spiro atoms. The third kappa shape index (κ3) is 6.16. The first-order valence-electron chi connectivity index (χ1n) is 10.9. The lowest BCUT2D eigenvalue weighted by atomic mass is 10.1. The predicted molar refractivity (Wildman–Crippen MR) is 137 cm³/mol. The fourth-order valence-corrected chi connectivity index (χ4v) is 5.59. The summed E-state index contributed by atoms with van der Waals surface area (Å²) in [6.07, 6.45) is 1.11. The van der Waals surface area contributed by atoms with Crippen molar-refractivity contribution in [2.24, 2.45) is 0 Å². The van der Waals surface area contributed by atoms with Crippen molar-refractivity contribution in [1.29, 1.82) is 0 Å². The van der Waals surface area contributed by atoms with Crippen molar-refractivity contribution in [2.45, 2.75) is 22.8 Å². The molecule has 192 valence electrons. The standard InChI is InChI=1S/C25H28N2O7S2/c1-18(19-10-13-21(14-11-19)35(4,29)30)26-25(28)17-27(36(31,32)22-8-6-5-7-9-22)23-16-20(33-2)12-15-24(23)34-3/h5-16,18H,17H2,1-4H3,(H,26,28)/t18-/m0/s1. The first-order valence-corrected chi connectivity index (χ1v) is 14.2. The Balaban J connectivity index is 1.94. The van der Waals surface area contributed by atoms with E-state index in [4.69, 9.17) is 9.47 Å². The summed E-state index contributed by atoms with van der Waals surface area (Å²) in [6, 6.07) is 18.0. The average Bonchev–Trinajstić information content (AvgIpc) is 2.86. The maximum Gasteiger partial charge on any atom is 0.264 e. The summed E-state index contributed by atoms with van der Waals surface area (Å²) >= 11 is 0. The van der Waals surface area contributed by atoms with Crippen LogP contribution in [0, 0.1) is 0 Å². The third-order valence-electron chi connectivity index (χ3n) is 5.46. The summed E-state index contributed by atoms with van der Waals surface area (Å²) in [5.74, 6) is 0.0605. The fraction of sp³-hybridized carbons (Fsp3) is 0.240. The molecule has 9 nitrogen and oxygen atoms in total. The van der Waals surface area contributed by atoms with Crippen molar-refractivity contribution < 1.29 is 31.1 Å². The molecule has 0 saturated carbocycles. The Hall–Kier alpha value is -3.57. The lowest BCUT2D eigenvalue weighted by Crippen LogP contribution is -2.41. The highest BCUT2D eigenvalue weighted by atomic mass is 32.2. The normalized spacial score (nSPS) is 12.4. The van der Waals surface area contributed by atoms with Crippen molar-refractivity contribution in [2.75, 3.05) is 31.3 Å². The molecule has 0 bridgehead atoms. The van der Waals surface area contributed by atoms with E-state index in [1.54, 1.807) is 49.4 Å². The van der Waals surface area contributed by atoms with Gasteiger partial charge in [-0.1, -0.05) is 30.3 Å². The van der Waals surface area contributed by atoms with Crippen LogP contribution in [-0.2, 0) is 24.7 Å². The second kappa shape index (κ2) is 11.0. The van der Waals surface area contributed by atoms with Crippen molar-refractivity contribution in [3.05, 3.63) is 78.4 Å². The Morgan fingerprint density at radius 3 is 2.08 bits per heavy atom. The Morgan fingerprint density at radius 2 is 1.53 bits per heavy atom. The van der Waals surface area contributed by atoms with Gasteiger partial charge in [0.1, 0.15) is 18.0 Å². The van der Waals surface area contributed by atoms with Crippen molar-refractivity contribution in [3.8, 4) is 11.5 Å². The molecule has 36 heavy (non-hydrogen) atoms. The minimum absolute atomic E-state index is 0.00656. The SMILES string of the molecule is COc1ccc(OC)c(N(CC(=O)N[C@@H](C)c2ccc(S(C)(=O)=O)cc2)S(=O)(=O)c2ccccc2)c1. The van der Waals surface area contributed by atoms with E-state index in [0.29, 0.717) is 11.3 Å². The maximum atomic E-state index is 13.6. The minimum Gasteiger partial charge on any atom is -0.497 e. The van der Waals surface area contributed by atoms with E-state index in [1.165, 1.54) is 44.6 Å². The molecule has 0 saturated heterocycles. The van der Waals surface area contributed by atoms with Crippen LogP contribution >= 0.6 is 0 Å². The molecule has 0 fully saturated rings. The number of hydrogen-bond acceptors (Lipinski definition) is 7.